The smallest absolute Gasteiger partial charge is 0.407 e. The van der Waals surface area contributed by atoms with Crippen LogP contribution in [0.4, 0.5) is 4.79 Å². The van der Waals surface area contributed by atoms with E-state index in [0.717, 1.165) is 25.7 Å². The van der Waals surface area contributed by atoms with Crippen LogP contribution in [0, 0.1) is 5.41 Å². The van der Waals surface area contributed by atoms with Crippen LogP contribution in [-0.4, -0.2) is 31.0 Å². The molecule has 0 aromatic rings. The molecule has 4 heteroatoms. The second-order valence-corrected chi connectivity index (χ2v) is 4.22. The zero-order chi connectivity index (χ0) is 12.4. The number of carbonyl (C=O) groups excluding carboxylic acids is 1. The summed E-state index contributed by atoms with van der Waals surface area (Å²) in [6.45, 7) is 6.91. The fourth-order valence-corrected chi connectivity index (χ4v) is 1.55. The van der Waals surface area contributed by atoms with Gasteiger partial charge in [-0.05, 0) is 19.8 Å². The van der Waals surface area contributed by atoms with Crippen LogP contribution in [0.25, 0.3) is 0 Å². The van der Waals surface area contributed by atoms with E-state index in [2.05, 4.69) is 12.2 Å². The summed E-state index contributed by atoms with van der Waals surface area (Å²) in [7, 11) is 0. The summed E-state index contributed by atoms with van der Waals surface area (Å²) in [5, 5.41) is 12.0. The monoisotopic (exact) mass is 231 g/mol. The summed E-state index contributed by atoms with van der Waals surface area (Å²) in [6, 6.07) is 0. The Labute approximate surface area is 98.4 Å². The van der Waals surface area contributed by atoms with Crippen molar-refractivity contribution >= 4 is 6.09 Å². The van der Waals surface area contributed by atoms with Crippen molar-refractivity contribution in [3.05, 3.63) is 0 Å². The molecule has 0 aliphatic heterocycles. The molecule has 0 rings (SSSR count). The van der Waals surface area contributed by atoms with Crippen molar-refractivity contribution in [2.75, 3.05) is 19.8 Å². The largest absolute Gasteiger partial charge is 0.449 e. The molecule has 0 aliphatic carbocycles. The van der Waals surface area contributed by atoms with E-state index >= 15 is 0 Å². The quantitative estimate of drug-likeness (QED) is 0.674. The van der Waals surface area contributed by atoms with Crippen molar-refractivity contribution in [3.63, 3.8) is 0 Å². The van der Waals surface area contributed by atoms with Crippen LogP contribution < -0.4 is 5.32 Å². The first-order chi connectivity index (χ1) is 7.64. The predicted molar refractivity (Wildman–Crippen MR) is 64.4 cm³/mol. The molecule has 96 valence electrons. The number of hydrogen-bond donors (Lipinski definition) is 2. The van der Waals surface area contributed by atoms with Crippen molar-refractivity contribution in [2.45, 2.75) is 46.5 Å². The molecule has 4 nitrogen and oxygen atoms in total. The molecule has 0 radical (unpaired) electrons. The van der Waals surface area contributed by atoms with E-state index in [-0.39, 0.29) is 12.0 Å². The lowest BCUT2D eigenvalue weighted by Crippen LogP contribution is -2.34. The highest BCUT2D eigenvalue weighted by atomic mass is 16.5. The molecule has 0 saturated carbocycles. The standard InChI is InChI=1S/C12H25NO3/c1-4-7-8-12(5-2,9-14)10-16-11(15)13-6-3/h14H,4-10H2,1-3H3,(H,13,15). The summed E-state index contributed by atoms with van der Waals surface area (Å²) in [6.07, 6.45) is 3.46. The molecule has 2 N–H and O–H groups in total. The van der Waals surface area contributed by atoms with E-state index in [4.69, 9.17) is 4.74 Å². The maximum absolute atomic E-state index is 11.2. The number of nitrogens with one attached hydrogen (secondary N) is 1. The second kappa shape index (κ2) is 8.39. The van der Waals surface area contributed by atoms with E-state index in [9.17, 15) is 9.90 Å². The van der Waals surface area contributed by atoms with E-state index < -0.39 is 6.09 Å². The Kier molecular flexibility index (Phi) is 7.99. The average Bonchev–Trinajstić information content (AvgIpc) is 2.31. The van der Waals surface area contributed by atoms with Gasteiger partial charge in [0.1, 0.15) is 6.61 Å². The molecule has 1 atom stereocenters. The summed E-state index contributed by atoms with van der Waals surface area (Å²) < 4.78 is 5.12. The Hall–Kier alpha value is -0.770. The summed E-state index contributed by atoms with van der Waals surface area (Å²) in [4.78, 5) is 11.2. The fraction of sp³-hybridized carbons (Fsp3) is 0.917. The molecule has 0 aromatic heterocycles. The third kappa shape index (κ3) is 5.35. The van der Waals surface area contributed by atoms with Crippen LogP contribution in [-0.2, 0) is 4.74 Å². The Morgan fingerprint density at radius 3 is 2.50 bits per heavy atom. The molecule has 1 unspecified atom stereocenters. The SMILES string of the molecule is CCCCC(CC)(CO)COC(=O)NCC. The minimum Gasteiger partial charge on any atom is -0.449 e. The number of alkyl carbamates (subject to hydrolysis) is 1. The molecule has 0 fully saturated rings. The lowest BCUT2D eigenvalue weighted by molar-refractivity contribution is 0.0274. The molecule has 0 saturated heterocycles. The number of amides is 1. The minimum atomic E-state index is -0.398. The summed E-state index contributed by atoms with van der Waals surface area (Å²) >= 11 is 0. The Morgan fingerprint density at radius 2 is 2.06 bits per heavy atom. The predicted octanol–water partition coefficient (Wildman–Crippen LogP) is 2.31. The van der Waals surface area contributed by atoms with E-state index in [1.165, 1.54) is 0 Å². The van der Waals surface area contributed by atoms with Crippen LogP contribution in [0.1, 0.15) is 46.5 Å². The Balaban J connectivity index is 4.14. The molecule has 1 amide bonds. The van der Waals surface area contributed by atoms with E-state index in [0.29, 0.717) is 13.2 Å². The molecule has 0 aliphatic rings. The maximum atomic E-state index is 11.2. The van der Waals surface area contributed by atoms with E-state index in [1.807, 2.05) is 13.8 Å². The summed E-state index contributed by atoms with van der Waals surface area (Å²) in [5.41, 5.74) is -0.263. The third-order valence-electron chi connectivity index (χ3n) is 2.98. The van der Waals surface area contributed by atoms with Crippen LogP contribution in [0.2, 0.25) is 0 Å². The first-order valence-electron chi connectivity index (χ1n) is 6.15. The van der Waals surface area contributed by atoms with Gasteiger partial charge in [-0.1, -0.05) is 26.7 Å². The molecule has 0 aromatic carbocycles. The lowest BCUT2D eigenvalue weighted by Gasteiger charge is -2.30. The number of unbranched alkanes of at least 4 members (excludes halogenated alkanes) is 1. The number of aliphatic hydroxyl groups is 1. The van der Waals surface area contributed by atoms with Crippen LogP contribution in [0.15, 0.2) is 0 Å². The van der Waals surface area contributed by atoms with Gasteiger partial charge in [0.25, 0.3) is 0 Å². The van der Waals surface area contributed by atoms with Gasteiger partial charge >= 0.3 is 6.09 Å². The third-order valence-corrected chi connectivity index (χ3v) is 2.98. The highest BCUT2D eigenvalue weighted by Gasteiger charge is 2.28. The van der Waals surface area contributed by atoms with Gasteiger partial charge in [-0.15, -0.1) is 0 Å². The van der Waals surface area contributed by atoms with E-state index in [1.54, 1.807) is 0 Å². The van der Waals surface area contributed by atoms with Crippen molar-refractivity contribution in [1.82, 2.24) is 5.32 Å². The van der Waals surface area contributed by atoms with Crippen LogP contribution >= 0.6 is 0 Å². The van der Waals surface area contributed by atoms with Crippen molar-refractivity contribution in [2.24, 2.45) is 5.41 Å². The van der Waals surface area contributed by atoms with Crippen molar-refractivity contribution in [3.8, 4) is 0 Å². The van der Waals surface area contributed by atoms with Gasteiger partial charge in [0.15, 0.2) is 0 Å². The number of carbonyl (C=O) groups is 1. The average molecular weight is 231 g/mol. The molecule has 16 heavy (non-hydrogen) atoms. The van der Waals surface area contributed by atoms with Crippen LogP contribution in [0.3, 0.4) is 0 Å². The Morgan fingerprint density at radius 1 is 1.38 bits per heavy atom. The zero-order valence-corrected chi connectivity index (χ0v) is 10.7. The van der Waals surface area contributed by atoms with Gasteiger partial charge < -0.3 is 15.2 Å². The summed E-state index contributed by atoms with van der Waals surface area (Å²) in [5.74, 6) is 0. The highest BCUT2D eigenvalue weighted by Crippen LogP contribution is 2.28. The lowest BCUT2D eigenvalue weighted by atomic mass is 9.82. The molecule has 0 bridgehead atoms. The topological polar surface area (TPSA) is 58.6 Å². The van der Waals surface area contributed by atoms with Crippen molar-refractivity contribution in [1.29, 1.82) is 0 Å². The van der Waals surface area contributed by atoms with Crippen LogP contribution in [0.5, 0.6) is 0 Å². The van der Waals surface area contributed by atoms with Gasteiger partial charge in [-0.3, -0.25) is 0 Å². The maximum Gasteiger partial charge on any atom is 0.407 e. The second-order valence-electron chi connectivity index (χ2n) is 4.22. The Bertz CT molecular complexity index is 191. The van der Waals surface area contributed by atoms with Crippen molar-refractivity contribution < 1.29 is 14.6 Å². The fourth-order valence-electron chi connectivity index (χ4n) is 1.55. The molecule has 0 heterocycles. The zero-order valence-electron chi connectivity index (χ0n) is 10.7. The number of rotatable bonds is 8. The van der Waals surface area contributed by atoms with Gasteiger partial charge in [-0.2, -0.15) is 0 Å². The molecule has 0 spiro atoms. The first kappa shape index (κ1) is 15.2. The highest BCUT2D eigenvalue weighted by molar-refractivity contribution is 5.66. The first-order valence-corrected chi connectivity index (χ1v) is 6.15. The number of aliphatic hydroxyl groups excluding tert-OH is 1. The van der Waals surface area contributed by atoms with Gasteiger partial charge in [-0.25, -0.2) is 4.79 Å². The molecular weight excluding hydrogens is 206 g/mol. The van der Waals surface area contributed by atoms with Gasteiger partial charge in [0.05, 0.1) is 6.61 Å². The number of hydrogen-bond acceptors (Lipinski definition) is 3. The normalized spacial score (nSPS) is 14.2. The minimum absolute atomic E-state index is 0.0723. The van der Waals surface area contributed by atoms with Gasteiger partial charge in [0, 0.05) is 12.0 Å². The molecular formula is C12H25NO3. The number of ether oxygens (including phenoxy) is 1. The van der Waals surface area contributed by atoms with Gasteiger partial charge in [0.2, 0.25) is 0 Å².